The summed E-state index contributed by atoms with van der Waals surface area (Å²) < 4.78 is 5.58. The van der Waals surface area contributed by atoms with Gasteiger partial charge in [0.15, 0.2) is 0 Å². The molecule has 4 nitrogen and oxygen atoms in total. The predicted octanol–water partition coefficient (Wildman–Crippen LogP) is 2.81. The molecule has 0 aliphatic heterocycles. The minimum Gasteiger partial charge on any atom is -0.492 e. The average molecular weight is 251 g/mol. The van der Waals surface area contributed by atoms with Crippen LogP contribution in [0.4, 0.5) is 0 Å². The molecule has 3 N–H and O–H groups in total. The molecule has 1 unspecified atom stereocenters. The van der Waals surface area contributed by atoms with Crippen LogP contribution < -0.4 is 16.0 Å². The second kappa shape index (κ2) is 8.06. The van der Waals surface area contributed by atoms with Gasteiger partial charge in [-0.05, 0) is 36.8 Å². The van der Waals surface area contributed by atoms with Gasteiger partial charge >= 0.3 is 0 Å². The predicted molar refractivity (Wildman–Crippen MR) is 74.2 cm³/mol. The summed E-state index contributed by atoms with van der Waals surface area (Å²) >= 11 is 0. The molecule has 0 aliphatic carbocycles. The van der Waals surface area contributed by atoms with E-state index in [-0.39, 0.29) is 6.04 Å². The number of hydrazine groups is 1. The molecule has 0 saturated carbocycles. The van der Waals surface area contributed by atoms with Crippen molar-refractivity contribution >= 4 is 0 Å². The molecule has 0 aliphatic rings. The first-order chi connectivity index (χ1) is 8.67. The third kappa shape index (κ3) is 5.02. The van der Waals surface area contributed by atoms with E-state index in [4.69, 9.17) is 10.6 Å². The van der Waals surface area contributed by atoms with E-state index in [2.05, 4.69) is 31.2 Å². The Morgan fingerprint density at radius 2 is 2.11 bits per heavy atom. The lowest BCUT2D eigenvalue weighted by molar-refractivity contribution is 0.315. The summed E-state index contributed by atoms with van der Waals surface area (Å²) in [7, 11) is 0. The maximum atomic E-state index is 5.62. The quantitative estimate of drug-likeness (QED) is 0.551. The minimum absolute atomic E-state index is 0.144. The molecular weight excluding hydrogens is 226 g/mol. The second-order valence-electron chi connectivity index (χ2n) is 4.99. The zero-order chi connectivity index (χ0) is 13.4. The fraction of sp³-hybridized carbons (Fsp3) is 0.643. The highest BCUT2D eigenvalue weighted by molar-refractivity contribution is 5.25. The first kappa shape index (κ1) is 14.9. The smallest absolute Gasteiger partial charge is 0.137 e. The molecule has 0 bridgehead atoms. The van der Waals surface area contributed by atoms with Crippen LogP contribution in [0.25, 0.3) is 0 Å². The number of nitrogens with one attached hydrogen (secondary N) is 1. The number of aromatic nitrogens is 1. The van der Waals surface area contributed by atoms with Crippen LogP contribution in [0, 0.1) is 5.92 Å². The number of hydrogen-bond donors (Lipinski definition) is 2. The zero-order valence-corrected chi connectivity index (χ0v) is 11.6. The number of nitrogens with two attached hydrogens (primary N) is 1. The van der Waals surface area contributed by atoms with Crippen molar-refractivity contribution in [2.75, 3.05) is 6.61 Å². The first-order valence-corrected chi connectivity index (χ1v) is 6.71. The van der Waals surface area contributed by atoms with E-state index in [1.165, 1.54) is 0 Å². The SMILES string of the molecule is CCCOc1cncc(C(CCC(C)C)NN)c1. The molecule has 1 atom stereocenters. The van der Waals surface area contributed by atoms with E-state index < -0.39 is 0 Å². The topological polar surface area (TPSA) is 60.2 Å². The monoisotopic (exact) mass is 251 g/mol. The second-order valence-corrected chi connectivity index (χ2v) is 4.99. The van der Waals surface area contributed by atoms with Gasteiger partial charge in [0.1, 0.15) is 5.75 Å². The van der Waals surface area contributed by atoms with Crippen molar-refractivity contribution in [2.24, 2.45) is 11.8 Å². The fourth-order valence-corrected chi connectivity index (χ4v) is 1.77. The van der Waals surface area contributed by atoms with Gasteiger partial charge in [0.25, 0.3) is 0 Å². The Morgan fingerprint density at radius 1 is 1.33 bits per heavy atom. The summed E-state index contributed by atoms with van der Waals surface area (Å²) in [4.78, 5) is 4.21. The highest BCUT2D eigenvalue weighted by Gasteiger charge is 2.11. The Bertz CT molecular complexity index is 342. The summed E-state index contributed by atoms with van der Waals surface area (Å²) in [5.41, 5.74) is 3.95. The van der Waals surface area contributed by atoms with Crippen molar-refractivity contribution in [3.8, 4) is 5.75 Å². The molecule has 1 aromatic rings. The molecule has 0 amide bonds. The molecular formula is C14H25N3O. The van der Waals surface area contributed by atoms with Crippen molar-refractivity contribution in [2.45, 2.75) is 46.1 Å². The molecule has 18 heavy (non-hydrogen) atoms. The van der Waals surface area contributed by atoms with Gasteiger partial charge in [0.2, 0.25) is 0 Å². The van der Waals surface area contributed by atoms with Crippen LogP contribution in [0.1, 0.15) is 51.6 Å². The van der Waals surface area contributed by atoms with Gasteiger partial charge in [0.05, 0.1) is 12.8 Å². The highest BCUT2D eigenvalue weighted by Crippen LogP contribution is 2.22. The zero-order valence-electron chi connectivity index (χ0n) is 11.6. The summed E-state index contributed by atoms with van der Waals surface area (Å²) in [6.45, 7) is 7.24. The standard InChI is InChI=1S/C14H25N3O/c1-4-7-18-13-8-12(9-16-10-13)14(17-15)6-5-11(2)3/h8-11,14,17H,4-7,15H2,1-3H3. The van der Waals surface area contributed by atoms with E-state index >= 15 is 0 Å². The van der Waals surface area contributed by atoms with E-state index in [1.54, 1.807) is 6.20 Å². The van der Waals surface area contributed by atoms with Crippen LogP contribution in [-0.2, 0) is 0 Å². The first-order valence-electron chi connectivity index (χ1n) is 6.71. The lowest BCUT2D eigenvalue weighted by atomic mass is 9.99. The fourth-order valence-electron chi connectivity index (χ4n) is 1.77. The molecule has 0 fully saturated rings. The summed E-state index contributed by atoms with van der Waals surface area (Å²) in [6, 6.07) is 2.16. The number of nitrogens with zero attached hydrogens (tertiary/aromatic N) is 1. The van der Waals surface area contributed by atoms with Crippen LogP contribution in [0.2, 0.25) is 0 Å². The maximum absolute atomic E-state index is 5.62. The largest absolute Gasteiger partial charge is 0.492 e. The number of pyridine rings is 1. The van der Waals surface area contributed by atoms with Crippen molar-refractivity contribution in [3.63, 3.8) is 0 Å². The van der Waals surface area contributed by atoms with Gasteiger partial charge in [-0.3, -0.25) is 16.3 Å². The normalized spacial score (nSPS) is 12.7. The van der Waals surface area contributed by atoms with Gasteiger partial charge < -0.3 is 4.74 Å². The van der Waals surface area contributed by atoms with Crippen molar-refractivity contribution in [1.82, 2.24) is 10.4 Å². The van der Waals surface area contributed by atoms with Crippen LogP contribution in [0.5, 0.6) is 5.75 Å². The highest BCUT2D eigenvalue weighted by atomic mass is 16.5. The van der Waals surface area contributed by atoms with Crippen molar-refractivity contribution in [1.29, 1.82) is 0 Å². The van der Waals surface area contributed by atoms with E-state index in [1.807, 2.05) is 12.3 Å². The molecule has 1 rings (SSSR count). The molecule has 0 aromatic carbocycles. The van der Waals surface area contributed by atoms with Crippen LogP contribution >= 0.6 is 0 Å². The molecule has 4 heteroatoms. The van der Waals surface area contributed by atoms with Crippen molar-refractivity contribution < 1.29 is 4.74 Å². The van der Waals surface area contributed by atoms with Gasteiger partial charge in [-0.2, -0.15) is 0 Å². The lowest BCUT2D eigenvalue weighted by Crippen LogP contribution is -2.28. The summed E-state index contributed by atoms with van der Waals surface area (Å²) in [6.07, 6.45) is 6.73. The van der Waals surface area contributed by atoms with Crippen molar-refractivity contribution in [3.05, 3.63) is 24.0 Å². The average Bonchev–Trinajstić information content (AvgIpc) is 2.37. The van der Waals surface area contributed by atoms with E-state index in [9.17, 15) is 0 Å². The van der Waals surface area contributed by atoms with Gasteiger partial charge in [-0.25, -0.2) is 0 Å². The van der Waals surface area contributed by atoms with Gasteiger partial charge in [0, 0.05) is 12.2 Å². The van der Waals surface area contributed by atoms with Crippen LogP contribution in [-0.4, -0.2) is 11.6 Å². The molecule has 102 valence electrons. The third-order valence-electron chi connectivity index (χ3n) is 2.84. The summed E-state index contributed by atoms with van der Waals surface area (Å²) in [5.74, 6) is 7.12. The molecule has 0 saturated heterocycles. The third-order valence-corrected chi connectivity index (χ3v) is 2.84. The Morgan fingerprint density at radius 3 is 2.72 bits per heavy atom. The number of hydrogen-bond acceptors (Lipinski definition) is 4. The van der Waals surface area contributed by atoms with Crippen LogP contribution in [0.15, 0.2) is 18.5 Å². The Kier molecular flexibility index (Phi) is 6.68. The minimum atomic E-state index is 0.144. The molecule has 0 radical (unpaired) electrons. The maximum Gasteiger partial charge on any atom is 0.137 e. The van der Waals surface area contributed by atoms with Gasteiger partial charge in [-0.15, -0.1) is 0 Å². The molecule has 1 heterocycles. The molecule has 1 aromatic heterocycles. The Balaban J connectivity index is 2.66. The Labute approximate surface area is 110 Å². The van der Waals surface area contributed by atoms with Gasteiger partial charge in [-0.1, -0.05) is 20.8 Å². The van der Waals surface area contributed by atoms with E-state index in [0.717, 1.165) is 37.2 Å². The van der Waals surface area contributed by atoms with Crippen LogP contribution in [0.3, 0.4) is 0 Å². The summed E-state index contributed by atoms with van der Waals surface area (Å²) in [5, 5.41) is 0. The lowest BCUT2D eigenvalue weighted by Gasteiger charge is -2.17. The molecule has 0 spiro atoms. The van der Waals surface area contributed by atoms with E-state index in [0.29, 0.717) is 5.92 Å². The Hall–Kier alpha value is -1.13. The number of ether oxygens (including phenoxy) is 1. The number of rotatable bonds is 8.